The van der Waals surface area contributed by atoms with Gasteiger partial charge in [-0.2, -0.15) is 5.10 Å². The highest BCUT2D eigenvalue weighted by Crippen LogP contribution is 2.09. The zero-order chi connectivity index (χ0) is 10.7. The molecule has 0 aliphatic carbocycles. The average Bonchev–Trinajstić information content (AvgIpc) is 2.39. The lowest BCUT2D eigenvalue weighted by Crippen LogP contribution is -2.15. The molecule has 1 rings (SSSR count). The number of rotatable bonds is 1. The van der Waals surface area contributed by atoms with Crippen molar-refractivity contribution in [3.63, 3.8) is 0 Å². The lowest BCUT2D eigenvalue weighted by molar-refractivity contribution is 0.731. The second kappa shape index (κ2) is 4.30. The molecule has 1 atom stereocenters. The monoisotopic (exact) mass is 191 g/mol. The Morgan fingerprint density at radius 1 is 1.50 bits per heavy atom. The summed E-state index contributed by atoms with van der Waals surface area (Å²) >= 11 is 0. The Hall–Kier alpha value is -1.27. The SMILES string of the molecule is CCC(N)C#Cc1c(C)nn(C)c1C. The molecule has 0 aliphatic rings. The second-order valence-corrected chi connectivity index (χ2v) is 3.45. The Morgan fingerprint density at radius 2 is 2.14 bits per heavy atom. The van der Waals surface area contributed by atoms with Crippen LogP contribution >= 0.6 is 0 Å². The van der Waals surface area contributed by atoms with Crippen LogP contribution < -0.4 is 5.73 Å². The summed E-state index contributed by atoms with van der Waals surface area (Å²) in [7, 11) is 1.92. The molecule has 0 saturated heterocycles. The van der Waals surface area contributed by atoms with Gasteiger partial charge in [0.1, 0.15) is 0 Å². The molecular weight excluding hydrogens is 174 g/mol. The Balaban J connectivity index is 3.00. The van der Waals surface area contributed by atoms with E-state index in [1.165, 1.54) is 0 Å². The molecule has 1 unspecified atom stereocenters. The summed E-state index contributed by atoms with van der Waals surface area (Å²) < 4.78 is 1.84. The highest BCUT2D eigenvalue weighted by atomic mass is 15.3. The van der Waals surface area contributed by atoms with Crippen molar-refractivity contribution in [1.29, 1.82) is 0 Å². The minimum absolute atomic E-state index is 0.0333. The van der Waals surface area contributed by atoms with E-state index >= 15 is 0 Å². The molecule has 0 fully saturated rings. The van der Waals surface area contributed by atoms with Crippen LogP contribution in [0.3, 0.4) is 0 Å². The number of aryl methyl sites for hydroxylation is 2. The molecule has 14 heavy (non-hydrogen) atoms. The summed E-state index contributed by atoms with van der Waals surface area (Å²) in [5.74, 6) is 6.11. The largest absolute Gasteiger partial charge is 0.318 e. The van der Waals surface area contributed by atoms with E-state index in [0.717, 1.165) is 23.4 Å². The minimum Gasteiger partial charge on any atom is -0.318 e. The van der Waals surface area contributed by atoms with Crippen LogP contribution in [-0.2, 0) is 7.05 Å². The van der Waals surface area contributed by atoms with Gasteiger partial charge in [0.15, 0.2) is 0 Å². The van der Waals surface area contributed by atoms with E-state index in [1.807, 2.05) is 32.5 Å². The van der Waals surface area contributed by atoms with E-state index in [9.17, 15) is 0 Å². The molecule has 1 aromatic rings. The molecule has 1 aromatic heterocycles. The van der Waals surface area contributed by atoms with Gasteiger partial charge in [-0.3, -0.25) is 4.68 Å². The summed E-state index contributed by atoms with van der Waals surface area (Å²) in [4.78, 5) is 0. The normalized spacial score (nSPS) is 12.1. The first kappa shape index (κ1) is 10.8. The van der Waals surface area contributed by atoms with Crippen LogP contribution in [0, 0.1) is 25.7 Å². The molecule has 0 bridgehead atoms. The summed E-state index contributed by atoms with van der Waals surface area (Å²) in [5.41, 5.74) is 8.81. The van der Waals surface area contributed by atoms with E-state index in [2.05, 4.69) is 16.9 Å². The van der Waals surface area contributed by atoms with Crippen molar-refractivity contribution in [2.45, 2.75) is 33.2 Å². The molecule has 0 aliphatic heterocycles. The molecule has 0 saturated carbocycles. The lowest BCUT2D eigenvalue weighted by atomic mass is 10.1. The van der Waals surface area contributed by atoms with Crippen LogP contribution in [-0.4, -0.2) is 15.8 Å². The predicted molar refractivity (Wildman–Crippen MR) is 57.8 cm³/mol. The van der Waals surface area contributed by atoms with Crippen LogP contribution in [0.15, 0.2) is 0 Å². The maximum atomic E-state index is 5.73. The fourth-order valence-electron chi connectivity index (χ4n) is 1.22. The second-order valence-electron chi connectivity index (χ2n) is 3.45. The van der Waals surface area contributed by atoms with Gasteiger partial charge in [-0.05, 0) is 20.3 Å². The van der Waals surface area contributed by atoms with Crippen LogP contribution in [0.1, 0.15) is 30.3 Å². The minimum atomic E-state index is -0.0333. The van der Waals surface area contributed by atoms with Crippen LogP contribution in [0.5, 0.6) is 0 Å². The molecule has 1 heterocycles. The summed E-state index contributed by atoms with van der Waals surface area (Å²) in [6.07, 6.45) is 0.880. The van der Waals surface area contributed by atoms with Gasteiger partial charge in [0.25, 0.3) is 0 Å². The Morgan fingerprint density at radius 3 is 2.57 bits per heavy atom. The first-order chi connectivity index (χ1) is 6.56. The van der Waals surface area contributed by atoms with Gasteiger partial charge in [-0.25, -0.2) is 0 Å². The third kappa shape index (κ3) is 2.15. The van der Waals surface area contributed by atoms with E-state index in [1.54, 1.807) is 0 Å². The maximum Gasteiger partial charge on any atom is 0.0752 e. The van der Waals surface area contributed by atoms with Gasteiger partial charge in [0.2, 0.25) is 0 Å². The maximum absolute atomic E-state index is 5.73. The molecule has 3 heteroatoms. The van der Waals surface area contributed by atoms with Crippen LogP contribution in [0.25, 0.3) is 0 Å². The van der Waals surface area contributed by atoms with Gasteiger partial charge in [-0.15, -0.1) is 0 Å². The smallest absolute Gasteiger partial charge is 0.0752 e. The van der Waals surface area contributed by atoms with E-state index in [-0.39, 0.29) is 6.04 Å². The van der Waals surface area contributed by atoms with Crippen molar-refractivity contribution in [2.24, 2.45) is 12.8 Å². The first-order valence-corrected chi connectivity index (χ1v) is 4.83. The number of hydrogen-bond acceptors (Lipinski definition) is 2. The van der Waals surface area contributed by atoms with Gasteiger partial charge in [0, 0.05) is 7.05 Å². The Kier molecular flexibility index (Phi) is 3.32. The number of aromatic nitrogens is 2. The van der Waals surface area contributed by atoms with Crippen molar-refractivity contribution in [1.82, 2.24) is 9.78 Å². The fraction of sp³-hybridized carbons (Fsp3) is 0.545. The summed E-state index contributed by atoms with van der Waals surface area (Å²) in [5, 5.41) is 4.29. The number of hydrogen-bond donors (Lipinski definition) is 1. The first-order valence-electron chi connectivity index (χ1n) is 4.83. The van der Waals surface area contributed by atoms with E-state index < -0.39 is 0 Å². The standard InChI is InChI=1S/C11H17N3/c1-5-10(12)6-7-11-8(2)13-14(4)9(11)3/h10H,5,12H2,1-4H3. The van der Waals surface area contributed by atoms with E-state index in [0.29, 0.717) is 0 Å². The summed E-state index contributed by atoms with van der Waals surface area (Å²) in [6.45, 7) is 6.01. The van der Waals surface area contributed by atoms with Gasteiger partial charge >= 0.3 is 0 Å². The molecule has 3 nitrogen and oxygen atoms in total. The Labute approximate surface area is 85.3 Å². The van der Waals surface area contributed by atoms with Gasteiger partial charge in [-0.1, -0.05) is 18.8 Å². The molecular formula is C11H17N3. The molecule has 0 aromatic carbocycles. The van der Waals surface area contributed by atoms with Crippen molar-refractivity contribution in [2.75, 3.05) is 0 Å². The van der Waals surface area contributed by atoms with Crippen molar-refractivity contribution in [3.05, 3.63) is 17.0 Å². The summed E-state index contributed by atoms with van der Waals surface area (Å²) in [6, 6.07) is -0.0333. The molecule has 2 N–H and O–H groups in total. The van der Waals surface area contributed by atoms with Crippen molar-refractivity contribution < 1.29 is 0 Å². The predicted octanol–water partition coefficient (Wildman–Crippen LogP) is 1.13. The highest BCUT2D eigenvalue weighted by Gasteiger charge is 2.05. The zero-order valence-electron chi connectivity index (χ0n) is 9.26. The molecule has 0 radical (unpaired) electrons. The third-order valence-electron chi connectivity index (χ3n) is 2.33. The average molecular weight is 191 g/mol. The van der Waals surface area contributed by atoms with Crippen molar-refractivity contribution >= 4 is 0 Å². The molecule has 76 valence electrons. The third-order valence-corrected chi connectivity index (χ3v) is 2.33. The quantitative estimate of drug-likeness (QED) is 0.676. The van der Waals surface area contributed by atoms with Gasteiger partial charge in [0.05, 0.1) is 23.0 Å². The topological polar surface area (TPSA) is 43.8 Å². The van der Waals surface area contributed by atoms with Crippen molar-refractivity contribution in [3.8, 4) is 11.8 Å². The zero-order valence-corrected chi connectivity index (χ0v) is 9.26. The molecule has 0 spiro atoms. The van der Waals surface area contributed by atoms with E-state index in [4.69, 9.17) is 5.73 Å². The Bertz CT molecular complexity index is 379. The van der Waals surface area contributed by atoms with Gasteiger partial charge < -0.3 is 5.73 Å². The number of nitrogens with zero attached hydrogens (tertiary/aromatic N) is 2. The highest BCUT2D eigenvalue weighted by molar-refractivity contribution is 5.41. The molecule has 0 amide bonds. The lowest BCUT2D eigenvalue weighted by Gasteiger charge is -1.96. The number of nitrogens with two attached hydrogens (primary N) is 1. The van der Waals surface area contributed by atoms with Crippen LogP contribution in [0.2, 0.25) is 0 Å². The fourth-order valence-corrected chi connectivity index (χ4v) is 1.22. The van der Waals surface area contributed by atoms with Crippen LogP contribution in [0.4, 0.5) is 0 Å².